The number of hydrogen-bond donors (Lipinski definition) is 10. The molecule has 7 rings (SSSR count). The molecule has 44 heavy (non-hydrogen) atoms. The van der Waals surface area contributed by atoms with Crippen LogP contribution in [0.1, 0.15) is 44.6 Å². The highest BCUT2D eigenvalue weighted by Gasteiger charge is 2.60. The fourth-order valence-electron chi connectivity index (χ4n) is 6.06. The Hall–Kier alpha value is -5.73. The number of aliphatic hydroxyl groups is 2. The van der Waals surface area contributed by atoms with E-state index in [1.165, 1.54) is 6.07 Å². The average molecular weight is 606 g/mol. The van der Waals surface area contributed by atoms with Crippen LogP contribution >= 0.6 is 0 Å². The lowest BCUT2D eigenvalue weighted by atomic mass is 9.74. The van der Waals surface area contributed by atoms with Gasteiger partial charge in [-0.05, 0) is 30.3 Å². The van der Waals surface area contributed by atoms with Crippen LogP contribution < -0.4 is 14.2 Å². The number of hydrogen-bond acceptors (Lipinski definition) is 14. The number of fused-ring (bicyclic) bond motifs is 8. The quantitative estimate of drug-likeness (QED) is 0.147. The lowest BCUT2D eigenvalue weighted by molar-refractivity contribution is -0.219. The summed E-state index contributed by atoms with van der Waals surface area (Å²) in [5, 5.41) is 105. The number of Topliss-reactive ketones (excluding diaryl/α,β-unsaturated/α-hetero) is 1. The minimum absolute atomic E-state index is 0.0259. The van der Waals surface area contributed by atoms with E-state index in [9.17, 15) is 55.9 Å². The lowest BCUT2D eigenvalue weighted by Gasteiger charge is -2.50. The summed E-state index contributed by atoms with van der Waals surface area (Å²) in [4.78, 5) is 13.5. The zero-order valence-electron chi connectivity index (χ0n) is 22.0. The average Bonchev–Trinajstić information content (AvgIpc) is 2.95. The normalized spacial score (nSPS) is 24.6. The zero-order valence-corrected chi connectivity index (χ0v) is 22.0. The van der Waals surface area contributed by atoms with Gasteiger partial charge in [-0.2, -0.15) is 0 Å². The Labute approximate surface area is 245 Å². The summed E-state index contributed by atoms with van der Waals surface area (Å²) >= 11 is 0. The standard InChI is InChI=1S/C30H22O14/c31-11-6-14(34)20-18(7-11)43-30(10-1-2-12(32)13(33)5-10)29(41)23(20)22-19(44-30)8-15(35)21-25(39)26(40)27(42-28(21)22)9-3-16(36)24(38)17(37)4-9/h1-8,23,26-27,29,31-38,40-41H. The molecule has 2 bridgehead atoms. The third-order valence-electron chi connectivity index (χ3n) is 8.06. The minimum atomic E-state index is -2.22. The zero-order chi connectivity index (χ0) is 31.4. The Morgan fingerprint density at radius 2 is 1.32 bits per heavy atom. The number of aliphatic hydroxyl groups excluding tert-OH is 2. The number of phenols is 8. The van der Waals surface area contributed by atoms with Gasteiger partial charge in [0.25, 0.3) is 0 Å². The van der Waals surface area contributed by atoms with Crippen LogP contribution in [0.5, 0.6) is 63.2 Å². The lowest BCUT2D eigenvalue weighted by Crippen LogP contribution is -2.57. The third-order valence-corrected chi connectivity index (χ3v) is 8.06. The number of benzene rings is 4. The van der Waals surface area contributed by atoms with Crippen LogP contribution in [0.4, 0.5) is 0 Å². The van der Waals surface area contributed by atoms with Crippen molar-refractivity contribution in [2.24, 2.45) is 0 Å². The number of carbonyl (C=O) groups is 1. The van der Waals surface area contributed by atoms with Gasteiger partial charge in [-0.15, -0.1) is 0 Å². The van der Waals surface area contributed by atoms with E-state index >= 15 is 0 Å². The highest BCUT2D eigenvalue weighted by Crippen LogP contribution is 2.62. The SMILES string of the molecule is O=C1c2c(O)cc3c(c2OC(c2cc(O)c(O)c(O)c2)C1O)C1c2c(O)cc(O)cc2OC(c2ccc(O)c(O)c2)(O3)C1O. The van der Waals surface area contributed by atoms with E-state index < -0.39 is 87.4 Å². The number of phenolic OH excluding ortho intramolecular Hbond substituents is 8. The van der Waals surface area contributed by atoms with Crippen molar-refractivity contribution in [1.29, 1.82) is 0 Å². The van der Waals surface area contributed by atoms with Gasteiger partial charge < -0.3 is 65.3 Å². The Balaban J connectivity index is 1.50. The maximum atomic E-state index is 13.5. The van der Waals surface area contributed by atoms with Crippen molar-refractivity contribution >= 4 is 5.78 Å². The van der Waals surface area contributed by atoms with E-state index in [0.29, 0.717) is 0 Å². The second-order valence-corrected chi connectivity index (χ2v) is 10.6. The highest BCUT2D eigenvalue weighted by molar-refractivity contribution is 6.06. The summed E-state index contributed by atoms with van der Waals surface area (Å²) in [5.41, 5.74) is -0.844. The Morgan fingerprint density at radius 3 is 1.98 bits per heavy atom. The van der Waals surface area contributed by atoms with E-state index in [1.807, 2.05) is 0 Å². The van der Waals surface area contributed by atoms with Gasteiger partial charge in [0.15, 0.2) is 41.0 Å². The molecule has 14 nitrogen and oxygen atoms in total. The molecule has 5 atom stereocenters. The Morgan fingerprint density at radius 1 is 0.659 bits per heavy atom. The molecule has 0 saturated heterocycles. The molecule has 4 aromatic carbocycles. The first-order valence-electron chi connectivity index (χ1n) is 13.0. The molecule has 5 unspecified atom stereocenters. The molecule has 226 valence electrons. The molecule has 3 heterocycles. The molecule has 0 radical (unpaired) electrons. The summed E-state index contributed by atoms with van der Waals surface area (Å²) in [6.45, 7) is 0. The Bertz CT molecular complexity index is 1900. The summed E-state index contributed by atoms with van der Waals surface area (Å²) in [5.74, 6) is -10.6. The minimum Gasteiger partial charge on any atom is -0.508 e. The molecule has 0 fully saturated rings. The first-order chi connectivity index (χ1) is 20.8. The highest BCUT2D eigenvalue weighted by atomic mass is 16.7. The molecule has 14 heteroatoms. The van der Waals surface area contributed by atoms with Gasteiger partial charge in [0.05, 0.1) is 5.92 Å². The maximum Gasteiger partial charge on any atom is 0.305 e. The van der Waals surface area contributed by atoms with Gasteiger partial charge in [0, 0.05) is 40.5 Å². The Kier molecular flexibility index (Phi) is 5.48. The van der Waals surface area contributed by atoms with E-state index in [4.69, 9.17) is 14.2 Å². The van der Waals surface area contributed by atoms with Crippen molar-refractivity contribution in [3.05, 3.63) is 76.3 Å². The molecular weight excluding hydrogens is 584 g/mol. The van der Waals surface area contributed by atoms with Crippen molar-refractivity contribution in [1.82, 2.24) is 0 Å². The first-order valence-corrected chi connectivity index (χ1v) is 13.0. The van der Waals surface area contributed by atoms with Gasteiger partial charge in [-0.25, -0.2) is 0 Å². The van der Waals surface area contributed by atoms with E-state index in [0.717, 1.165) is 42.5 Å². The molecule has 0 saturated carbocycles. The van der Waals surface area contributed by atoms with Crippen molar-refractivity contribution < 1.29 is 70.1 Å². The number of carbonyl (C=O) groups excluding carboxylic acids is 1. The van der Waals surface area contributed by atoms with Crippen molar-refractivity contribution in [3.63, 3.8) is 0 Å². The van der Waals surface area contributed by atoms with Crippen LogP contribution in [-0.4, -0.2) is 69.1 Å². The maximum absolute atomic E-state index is 13.5. The van der Waals surface area contributed by atoms with Gasteiger partial charge >= 0.3 is 5.79 Å². The van der Waals surface area contributed by atoms with Crippen LogP contribution in [0.3, 0.4) is 0 Å². The summed E-state index contributed by atoms with van der Waals surface area (Å²) in [6.07, 6.45) is -5.39. The van der Waals surface area contributed by atoms with Gasteiger partial charge in [-0.3, -0.25) is 4.79 Å². The van der Waals surface area contributed by atoms with E-state index in [-0.39, 0.29) is 39.5 Å². The molecule has 0 aromatic heterocycles. The molecular formula is C30H22O14. The van der Waals surface area contributed by atoms with Gasteiger partial charge in [0.2, 0.25) is 5.78 Å². The number of rotatable bonds is 2. The molecule has 3 aliphatic heterocycles. The summed E-state index contributed by atoms with van der Waals surface area (Å²) in [6, 6.07) is 8.47. The van der Waals surface area contributed by atoms with Crippen LogP contribution in [0.15, 0.2) is 48.5 Å². The predicted molar refractivity (Wildman–Crippen MR) is 144 cm³/mol. The van der Waals surface area contributed by atoms with Crippen LogP contribution in [0.2, 0.25) is 0 Å². The largest absolute Gasteiger partial charge is 0.508 e. The molecule has 4 aromatic rings. The fourth-order valence-corrected chi connectivity index (χ4v) is 6.06. The monoisotopic (exact) mass is 606 g/mol. The topological polar surface area (TPSA) is 247 Å². The van der Waals surface area contributed by atoms with E-state index in [2.05, 4.69) is 0 Å². The second-order valence-electron chi connectivity index (χ2n) is 10.6. The van der Waals surface area contributed by atoms with Crippen LogP contribution in [0, 0.1) is 0 Å². The number of aromatic hydroxyl groups is 8. The van der Waals surface area contributed by atoms with Gasteiger partial charge in [-0.1, -0.05) is 0 Å². The third kappa shape index (κ3) is 3.52. The number of ketones is 1. The molecule has 0 spiro atoms. The van der Waals surface area contributed by atoms with Crippen molar-refractivity contribution in [2.45, 2.75) is 30.0 Å². The predicted octanol–water partition coefficient (Wildman–Crippen LogP) is 2.14. The van der Waals surface area contributed by atoms with E-state index in [1.54, 1.807) is 0 Å². The van der Waals surface area contributed by atoms with Crippen LogP contribution in [0.25, 0.3) is 0 Å². The van der Waals surface area contributed by atoms with Gasteiger partial charge in [0.1, 0.15) is 46.2 Å². The smallest absolute Gasteiger partial charge is 0.305 e. The molecule has 0 aliphatic carbocycles. The van der Waals surface area contributed by atoms with Crippen LogP contribution in [-0.2, 0) is 5.79 Å². The number of ether oxygens (including phenoxy) is 3. The molecule has 3 aliphatic rings. The van der Waals surface area contributed by atoms with Crippen molar-refractivity contribution in [2.75, 3.05) is 0 Å². The second kappa shape index (κ2) is 8.89. The summed E-state index contributed by atoms with van der Waals surface area (Å²) in [7, 11) is 0. The molecule has 0 amide bonds. The first kappa shape index (κ1) is 27.1. The summed E-state index contributed by atoms with van der Waals surface area (Å²) < 4.78 is 18.3. The fraction of sp³-hybridized carbons (Fsp3) is 0.167. The molecule has 10 N–H and O–H groups in total. The van der Waals surface area contributed by atoms with Crippen molar-refractivity contribution in [3.8, 4) is 63.2 Å².